The second kappa shape index (κ2) is 9.63. The zero-order valence-corrected chi connectivity index (χ0v) is 14.7. The maximum atomic E-state index is 12.2. The molecule has 1 amide bonds. The normalized spacial score (nSPS) is 19.8. The lowest BCUT2D eigenvalue weighted by Gasteiger charge is -2.21. The van der Waals surface area contributed by atoms with Gasteiger partial charge < -0.3 is 20.1 Å². The van der Waals surface area contributed by atoms with Gasteiger partial charge in [-0.05, 0) is 43.0 Å². The first-order valence-electron chi connectivity index (χ1n) is 7.86. The predicted molar refractivity (Wildman–Crippen MR) is 93.3 cm³/mol. The van der Waals surface area contributed by atoms with E-state index in [1.165, 1.54) is 0 Å². The number of hydrogen-bond donors (Lipinski definition) is 1. The van der Waals surface area contributed by atoms with Crippen LogP contribution in [0.1, 0.15) is 25.7 Å². The maximum absolute atomic E-state index is 12.2. The number of carbonyl (C=O) groups excluding carboxylic acids is 1. The van der Waals surface area contributed by atoms with E-state index in [9.17, 15) is 4.79 Å². The van der Waals surface area contributed by atoms with Gasteiger partial charge in [-0.15, -0.1) is 12.4 Å². The van der Waals surface area contributed by atoms with Gasteiger partial charge in [0.1, 0.15) is 18.1 Å². The van der Waals surface area contributed by atoms with Gasteiger partial charge in [-0.2, -0.15) is 0 Å². The molecule has 0 unspecified atom stereocenters. The van der Waals surface area contributed by atoms with E-state index in [4.69, 9.17) is 15.2 Å². The van der Waals surface area contributed by atoms with Gasteiger partial charge in [-0.1, -0.05) is 6.42 Å². The van der Waals surface area contributed by atoms with Crippen molar-refractivity contribution in [2.45, 2.75) is 31.7 Å². The third kappa shape index (κ3) is 5.92. The van der Waals surface area contributed by atoms with Gasteiger partial charge in [0.25, 0.3) is 0 Å². The molecule has 0 bridgehead atoms. The van der Waals surface area contributed by atoms with E-state index in [-0.39, 0.29) is 24.4 Å². The standard InChI is InChI=1S/C17H26N2O3.ClH/c1-19(17(20)12-13-4-3-5-16(13)18)10-11-22-15-8-6-14(21-2)7-9-15;/h6-9,13,16H,3-5,10-12,18H2,1-2H3;1H/t13-,16+;/m0./s1. The van der Waals surface area contributed by atoms with Gasteiger partial charge in [-0.25, -0.2) is 0 Å². The highest BCUT2D eigenvalue weighted by Gasteiger charge is 2.27. The van der Waals surface area contributed by atoms with E-state index in [1.54, 1.807) is 12.0 Å². The minimum Gasteiger partial charge on any atom is -0.497 e. The molecule has 0 aliphatic heterocycles. The summed E-state index contributed by atoms with van der Waals surface area (Å²) in [5.74, 6) is 2.07. The predicted octanol–water partition coefficient (Wildman–Crippen LogP) is 2.47. The summed E-state index contributed by atoms with van der Waals surface area (Å²) in [5.41, 5.74) is 6.02. The summed E-state index contributed by atoms with van der Waals surface area (Å²) >= 11 is 0. The Labute approximate surface area is 144 Å². The molecule has 0 aromatic heterocycles. The molecule has 1 aliphatic rings. The number of nitrogens with two attached hydrogens (primary N) is 1. The lowest BCUT2D eigenvalue weighted by atomic mass is 9.99. The molecule has 1 aliphatic carbocycles. The fraction of sp³-hybridized carbons (Fsp3) is 0.588. The van der Waals surface area contributed by atoms with Gasteiger partial charge >= 0.3 is 0 Å². The average molecular weight is 343 g/mol. The number of ether oxygens (including phenoxy) is 2. The van der Waals surface area contributed by atoms with Crippen LogP contribution in [0.5, 0.6) is 11.5 Å². The van der Waals surface area contributed by atoms with Crippen molar-refractivity contribution in [3.05, 3.63) is 24.3 Å². The quantitative estimate of drug-likeness (QED) is 0.826. The van der Waals surface area contributed by atoms with Crippen molar-refractivity contribution in [2.75, 3.05) is 27.3 Å². The first kappa shape index (κ1) is 19.6. The second-order valence-corrected chi connectivity index (χ2v) is 5.90. The van der Waals surface area contributed by atoms with Gasteiger partial charge in [0.2, 0.25) is 5.91 Å². The Bertz CT molecular complexity index is 481. The number of nitrogens with zero attached hydrogens (tertiary/aromatic N) is 1. The number of hydrogen-bond acceptors (Lipinski definition) is 4. The molecule has 1 saturated carbocycles. The monoisotopic (exact) mass is 342 g/mol. The van der Waals surface area contributed by atoms with Gasteiger partial charge in [0, 0.05) is 19.5 Å². The van der Waals surface area contributed by atoms with Crippen molar-refractivity contribution in [3.8, 4) is 11.5 Å². The third-order valence-electron chi connectivity index (χ3n) is 4.34. The van der Waals surface area contributed by atoms with Crippen molar-refractivity contribution < 1.29 is 14.3 Å². The molecule has 0 spiro atoms. The summed E-state index contributed by atoms with van der Waals surface area (Å²) < 4.78 is 10.7. The topological polar surface area (TPSA) is 64.8 Å². The molecule has 23 heavy (non-hydrogen) atoms. The summed E-state index contributed by atoms with van der Waals surface area (Å²) in [4.78, 5) is 13.9. The van der Waals surface area contributed by atoms with Crippen LogP contribution < -0.4 is 15.2 Å². The number of carbonyl (C=O) groups is 1. The van der Waals surface area contributed by atoms with Gasteiger partial charge in [-0.3, -0.25) is 4.79 Å². The van der Waals surface area contributed by atoms with E-state index in [0.29, 0.717) is 25.5 Å². The summed E-state index contributed by atoms with van der Waals surface area (Å²) in [6.07, 6.45) is 3.81. The van der Waals surface area contributed by atoms with Crippen molar-refractivity contribution in [1.29, 1.82) is 0 Å². The zero-order chi connectivity index (χ0) is 15.9. The summed E-state index contributed by atoms with van der Waals surface area (Å²) in [7, 11) is 3.45. The van der Waals surface area contributed by atoms with E-state index < -0.39 is 0 Å². The van der Waals surface area contributed by atoms with Gasteiger partial charge in [0.15, 0.2) is 0 Å². The molecule has 0 radical (unpaired) electrons. The van der Waals surface area contributed by atoms with E-state index in [1.807, 2.05) is 31.3 Å². The average Bonchev–Trinajstić information content (AvgIpc) is 2.93. The van der Waals surface area contributed by atoms with E-state index in [0.717, 1.165) is 30.8 Å². The lowest BCUT2D eigenvalue weighted by Crippen LogP contribution is -2.35. The highest BCUT2D eigenvalue weighted by molar-refractivity contribution is 5.85. The van der Waals surface area contributed by atoms with Crippen LogP contribution in [0.25, 0.3) is 0 Å². The highest BCUT2D eigenvalue weighted by atomic mass is 35.5. The molecule has 1 aromatic rings. The Morgan fingerprint density at radius 1 is 1.26 bits per heavy atom. The Kier molecular flexibility index (Phi) is 8.20. The molecule has 6 heteroatoms. The molecule has 2 atom stereocenters. The number of likely N-dealkylation sites (N-methyl/N-ethyl adjacent to an activating group) is 1. The minimum atomic E-state index is 0. The van der Waals surface area contributed by atoms with Crippen LogP contribution in [0.4, 0.5) is 0 Å². The van der Waals surface area contributed by atoms with E-state index in [2.05, 4.69) is 0 Å². The summed E-state index contributed by atoms with van der Waals surface area (Å²) in [5, 5.41) is 0. The van der Waals surface area contributed by atoms with Crippen LogP contribution in [-0.4, -0.2) is 44.2 Å². The molecule has 0 saturated heterocycles. The first-order valence-corrected chi connectivity index (χ1v) is 7.86. The fourth-order valence-corrected chi connectivity index (χ4v) is 2.80. The van der Waals surface area contributed by atoms with Crippen LogP contribution >= 0.6 is 12.4 Å². The van der Waals surface area contributed by atoms with Crippen LogP contribution in [0.2, 0.25) is 0 Å². The molecule has 1 aromatic carbocycles. The Balaban J connectivity index is 0.00000264. The van der Waals surface area contributed by atoms with Crippen molar-refractivity contribution in [2.24, 2.45) is 11.7 Å². The lowest BCUT2D eigenvalue weighted by molar-refractivity contribution is -0.131. The Morgan fingerprint density at radius 3 is 2.48 bits per heavy atom. The smallest absolute Gasteiger partial charge is 0.222 e. The number of rotatable bonds is 7. The zero-order valence-electron chi connectivity index (χ0n) is 13.9. The highest BCUT2D eigenvalue weighted by Crippen LogP contribution is 2.27. The first-order chi connectivity index (χ1) is 10.6. The molecular weight excluding hydrogens is 316 g/mol. The number of methoxy groups -OCH3 is 1. The van der Waals surface area contributed by atoms with Crippen LogP contribution in [0, 0.1) is 5.92 Å². The molecule has 2 N–H and O–H groups in total. The molecule has 1 fully saturated rings. The van der Waals surface area contributed by atoms with Gasteiger partial charge in [0.05, 0.1) is 13.7 Å². The Morgan fingerprint density at radius 2 is 1.91 bits per heavy atom. The minimum absolute atomic E-state index is 0. The Hall–Kier alpha value is -1.46. The third-order valence-corrected chi connectivity index (χ3v) is 4.34. The number of halogens is 1. The molecule has 0 heterocycles. The van der Waals surface area contributed by atoms with Crippen LogP contribution in [0.15, 0.2) is 24.3 Å². The molecule has 130 valence electrons. The second-order valence-electron chi connectivity index (χ2n) is 5.90. The summed E-state index contributed by atoms with van der Waals surface area (Å²) in [6.45, 7) is 1.05. The van der Waals surface area contributed by atoms with Crippen molar-refractivity contribution in [1.82, 2.24) is 4.90 Å². The SMILES string of the molecule is COc1ccc(OCCN(C)C(=O)C[C@@H]2CCC[C@H]2N)cc1.Cl. The molecule has 2 rings (SSSR count). The van der Waals surface area contributed by atoms with E-state index >= 15 is 0 Å². The van der Waals surface area contributed by atoms with Crippen molar-refractivity contribution in [3.63, 3.8) is 0 Å². The van der Waals surface area contributed by atoms with Crippen molar-refractivity contribution >= 4 is 18.3 Å². The fourth-order valence-electron chi connectivity index (χ4n) is 2.80. The van der Waals surface area contributed by atoms with Crippen LogP contribution in [0.3, 0.4) is 0 Å². The molecule has 5 nitrogen and oxygen atoms in total. The van der Waals surface area contributed by atoms with Crippen LogP contribution in [-0.2, 0) is 4.79 Å². The number of benzene rings is 1. The number of amides is 1. The molecular formula is C17H27ClN2O3. The maximum Gasteiger partial charge on any atom is 0.222 e. The largest absolute Gasteiger partial charge is 0.497 e. The summed E-state index contributed by atoms with van der Waals surface area (Å²) in [6, 6.07) is 7.61.